The number of rotatable bonds is 4. The van der Waals surface area contributed by atoms with E-state index in [1.54, 1.807) is 0 Å². The predicted molar refractivity (Wildman–Crippen MR) is 71.2 cm³/mol. The van der Waals surface area contributed by atoms with Crippen LogP contribution in [0.1, 0.15) is 38.7 Å². The minimum atomic E-state index is 0.183. The van der Waals surface area contributed by atoms with Gasteiger partial charge in [0.05, 0.1) is 0 Å². The van der Waals surface area contributed by atoms with Gasteiger partial charge in [-0.25, -0.2) is 0 Å². The Morgan fingerprint density at radius 3 is 2.47 bits per heavy atom. The van der Waals surface area contributed by atoms with E-state index < -0.39 is 0 Å². The number of hydrogen-bond acceptors (Lipinski definition) is 2. The van der Waals surface area contributed by atoms with Crippen LogP contribution in [0, 0.1) is 12.3 Å². The highest BCUT2D eigenvalue weighted by Gasteiger charge is 2.52. The molecule has 1 aromatic rings. The molecule has 2 heteroatoms. The Hall–Kier alpha value is -1.02. The molecule has 0 bridgehead atoms. The van der Waals surface area contributed by atoms with E-state index in [0.717, 1.165) is 25.0 Å². The molecular weight excluding hydrogens is 210 g/mol. The topological polar surface area (TPSA) is 35.2 Å². The molecule has 0 saturated heterocycles. The monoisotopic (exact) mass is 233 g/mol. The van der Waals surface area contributed by atoms with Crippen molar-refractivity contribution >= 4 is 0 Å². The van der Waals surface area contributed by atoms with Crippen molar-refractivity contribution in [2.45, 2.75) is 52.2 Å². The minimum Gasteiger partial charge on any atom is -0.489 e. The maximum absolute atomic E-state index is 6.18. The summed E-state index contributed by atoms with van der Waals surface area (Å²) in [6.45, 7) is 6.53. The lowest BCUT2D eigenvalue weighted by atomic mass is 9.59. The van der Waals surface area contributed by atoms with Crippen LogP contribution in [0.5, 0.6) is 5.75 Å². The fourth-order valence-corrected chi connectivity index (χ4v) is 3.02. The second-order valence-corrected chi connectivity index (χ2v) is 5.15. The Morgan fingerprint density at radius 1 is 1.29 bits per heavy atom. The summed E-state index contributed by atoms with van der Waals surface area (Å²) in [5.74, 6) is 1.01. The van der Waals surface area contributed by atoms with E-state index in [4.69, 9.17) is 10.5 Å². The first-order valence-corrected chi connectivity index (χ1v) is 6.62. The molecule has 1 fully saturated rings. The van der Waals surface area contributed by atoms with Crippen molar-refractivity contribution in [2.24, 2.45) is 11.1 Å². The van der Waals surface area contributed by atoms with E-state index in [1.165, 1.54) is 5.56 Å². The Morgan fingerprint density at radius 2 is 1.94 bits per heavy atom. The van der Waals surface area contributed by atoms with Crippen LogP contribution in [0.3, 0.4) is 0 Å². The van der Waals surface area contributed by atoms with Gasteiger partial charge in [-0.15, -0.1) is 0 Å². The number of para-hydroxylation sites is 1. The predicted octanol–water partition coefficient (Wildman–Crippen LogP) is 3.28. The summed E-state index contributed by atoms with van der Waals surface area (Å²) >= 11 is 0. The van der Waals surface area contributed by atoms with Crippen LogP contribution >= 0.6 is 0 Å². The first-order valence-electron chi connectivity index (χ1n) is 6.62. The number of hydrogen-bond donors (Lipinski definition) is 1. The van der Waals surface area contributed by atoms with Crippen LogP contribution in [-0.2, 0) is 0 Å². The highest BCUT2D eigenvalue weighted by atomic mass is 16.5. The lowest BCUT2D eigenvalue weighted by Gasteiger charge is -2.53. The average molecular weight is 233 g/mol. The third kappa shape index (κ3) is 1.95. The second-order valence-electron chi connectivity index (χ2n) is 5.15. The van der Waals surface area contributed by atoms with Gasteiger partial charge < -0.3 is 10.5 Å². The van der Waals surface area contributed by atoms with Crippen molar-refractivity contribution in [1.82, 2.24) is 0 Å². The van der Waals surface area contributed by atoms with Crippen molar-refractivity contribution in [3.8, 4) is 5.75 Å². The molecule has 0 amide bonds. The van der Waals surface area contributed by atoms with Gasteiger partial charge in [0.1, 0.15) is 11.9 Å². The van der Waals surface area contributed by atoms with Crippen LogP contribution in [0.2, 0.25) is 0 Å². The molecule has 0 spiro atoms. The van der Waals surface area contributed by atoms with Crippen LogP contribution in [0.4, 0.5) is 0 Å². The van der Waals surface area contributed by atoms with Crippen molar-refractivity contribution < 1.29 is 4.74 Å². The molecule has 0 radical (unpaired) electrons. The standard InChI is InChI=1S/C15H23NO/c1-4-15(5-2)13(16)10-14(15)17-12-9-7-6-8-11(12)3/h6-9,13-14H,4-5,10,16H2,1-3H3. The van der Waals surface area contributed by atoms with Gasteiger partial charge in [0.25, 0.3) is 0 Å². The molecule has 2 atom stereocenters. The third-order valence-corrected chi connectivity index (χ3v) is 4.53. The molecular formula is C15H23NO. The number of benzene rings is 1. The number of ether oxygens (including phenoxy) is 1. The van der Waals surface area contributed by atoms with Crippen LogP contribution in [-0.4, -0.2) is 12.1 Å². The largest absolute Gasteiger partial charge is 0.489 e. The number of aryl methyl sites for hydroxylation is 1. The SMILES string of the molecule is CCC1(CC)C(N)CC1Oc1ccccc1C. The van der Waals surface area contributed by atoms with Gasteiger partial charge in [0, 0.05) is 17.9 Å². The summed E-state index contributed by atoms with van der Waals surface area (Å²) in [5, 5.41) is 0. The summed E-state index contributed by atoms with van der Waals surface area (Å²) in [6.07, 6.45) is 3.46. The molecule has 17 heavy (non-hydrogen) atoms. The third-order valence-electron chi connectivity index (χ3n) is 4.53. The van der Waals surface area contributed by atoms with Crippen LogP contribution in [0.15, 0.2) is 24.3 Å². The lowest BCUT2D eigenvalue weighted by molar-refractivity contribution is -0.0725. The average Bonchev–Trinajstić information content (AvgIpc) is 2.33. The molecule has 2 unspecified atom stereocenters. The summed E-state index contributed by atoms with van der Waals surface area (Å²) in [5.41, 5.74) is 7.57. The Balaban J connectivity index is 2.13. The Bertz CT molecular complexity index is 384. The number of nitrogens with two attached hydrogens (primary N) is 1. The van der Waals surface area contributed by atoms with Crippen molar-refractivity contribution in [1.29, 1.82) is 0 Å². The van der Waals surface area contributed by atoms with Crippen molar-refractivity contribution in [2.75, 3.05) is 0 Å². The molecule has 2 nitrogen and oxygen atoms in total. The van der Waals surface area contributed by atoms with Gasteiger partial charge in [-0.1, -0.05) is 32.0 Å². The minimum absolute atomic E-state index is 0.183. The van der Waals surface area contributed by atoms with Crippen LogP contribution < -0.4 is 10.5 Å². The highest BCUT2D eigenvalue weighted by molar-refractivity contribution is 5.32. The fourth-order valence-electron chi connectivity index (χ4n) is 3.02. The zero-order chi connectivity index (χ0) is 12.5. The smallest absolute Gasteiger partial charge is 0.122 e. The van der Waals surface area contributed by atoms with E-state index >= 15 is 0 Å². The van der Waals surface area contributed by atoms with Crippen LogP contribution in [0.25, 0.3) is 0 Å². The van der Waals surface area contributed by atoms with Gasteiger partial charge in [0.2, 0.25) is 0 Å². The summed E-state index contributed by atoms with van der Waals surface area (Å²) < 4.78 is 6.17. The molecule has 2 rings (SSSR count). The molecule has 94 valence electrons. The maximum atomic E-state index is 6.18. The molecule has 1 saturated carbocycles. The zero-order valence-electron chi connectivity index (χ0n) is 11.1. The Labute approximate surface area is 104 Å². The van der Waals surface area contributed by atoms with Gasteiger partial charge in [-0.2, -0.15) is 0 Å². The van der Waals surface area contributed by atoms with Crippen molar-refractivity contribution in [3.63, 3.8) is 0 Å². The van der Waals surface area contributed by atoms with E-state index in [9.17, 15) is 0 Å². The first-order chi connectivity index (χ1) is 8.14. The fraction of sp³-hybridized carbons (Fsp3) is 0.600. The molecule has 1 aromatic carbocycles. The molecule has 1 aliphatic rings. The molecule has 2 N–H and O–H groups in total. The first kappa shape index (κ1) is 12.4. The van der Waals surface area contributed by atoms with Gasteiger partial charge in [-0.05, 0) is 31.4 Å². The highest BCUT2D eigenvalue weighted by Crippen LogP contribution is 2.48. The summed E-state index contributed by atoms with van der Waals surface area (Å²) in [4.78, 5) is 0. The van der Waals surface area contributed by atoms with Gasteiger partial charge in [0.15, 0.2) is 0 Å². The molecule has 0 heterocycles. The maximum Gasteiger partial charge on any atom is 0.122 e. The van der Waals surface area contributed by atoms with Gasteiger partial charge in [-0.3, -0.25) is 0 Å². The normalized spacial score (nSPS) is 26.4. The van der Waals surface area contributed by atoms with E-state index in [0.29, 0.717) is 6.04 Å². The summed E-state index contributed by atoms with van der Waals surface area (Å²) in [7, 11) is 0. The van der Waals surface area contributed by atoms with Gasteiger partial charge >= 0.3 is 0 Å². The van der Waals surface area contributed by atoms with E-state index in [-0.39, 0.29) is 11.5 Å². The van der Waals surface area contributed by atoms with E-state index in [2.05, 4.69) is 32.9 Å². The lowest BCUT2D eigenvalue weighted by Crippen LogP contribution is -2.63. The Kier molecular flexibility index (Phi) is 3.43. The van der Waals surface area contributed by atoms with E-state index in [1.807, 2.05) is 12.1 Å². The zero-order valence-corrected chi connectivity index (χ0v) is 11.1. The second kappa shape index (κ2) is 4.69. The molecule has 0 aromatic heterocycles. The summed E-state index contributed by atoms with van der Waals surface area (Å²) in [6, 6.07) is 8.51. The quantitative estimate of drug-likeness (QED) is 0.866. The molecule has 1 aliphatic carbocycles. The van der Waals surface area contributed by atoms with Crippen molar-refractivity contribution in [3.05, 3.63) is 29.8 Å². The molecule has 0 aliphatic heterocycles.